The molecule has 78 valence electrons. The lowest BCUT2D eigenvalue weighted by molar-refractivity contribution is 0.0666. The first-order valence-corrected chi connectivity index (χ1v) is 4.88. The zero-order valence-electron chi connectivity index (χ0n) is 8.77. The van der Waals surface area contributed by atoms with Crippen molar-refractivity contribution in [3.05, 3.63) is 36.5 Å². The van der Waals surface area contributed by atoms with Gasteiger partial charge in [0.2, 0.25) is 0 Å². The van der Waals surface area contributed by atoms with E-state index in [-0.39, 0.29) is 11.8 Å². The highest BCUT2D eigenvalue weighted by Gasteiger charge is 2.36. The van der Waals surface area contributed by atoms with Crippen LogP contribution in [-0.2, 0) is 0 Å². The molecule has 1 saturated carbocycles. The molecule has 0 aromatic heterocycles. The Balaban J connectivity index is 3.03. The smallest absolute Gasteiger partial charge is 0.0835 e. The molecule has 2 nitrogen and oxygen atoms in total. The predicted molar refractivity (Wildman–Crippen MR) is 57.8 cm³/mol. The van der Waals surface area contributed by atoms with E-state index in [2.05, 4.69) is 13.2 Å². The van der Waals surface area contributed by atoms with Crippen molar-refractivity contribution in [1.82, 2.24) is 0 Å². The Morgan fingerprint density at radius 1 is 1.14 bits per heavy atom. The molecule has 0 bridgehead atoms. The van der Waals surface area contributed by atoms with Gasteiger partial charge in [-0.3, -0.25) is 0 Å². The van der Waals surface area contributed by atoms with Crippen LogP contribution in [-0.4, -0.2) is 22.4 Å². The largest absolute Gasteiger partial charge is 0.388 e. The Morgan fingerprint density at radius 2 is 1.57 bits per heavy atom. The van der Waals surface area contributed by atoms with Crippen molar-refractivity contribution in [2.24, 2.45) is 11.8 Å². The number of aliphatic hydroxyl groups is 2. The number of hydrogen-bond donors (Lipinski definition) is 2. The van der Waals surface area contributed by atoms with Crippen molar-refractivity contribution in [3.63, 3.8) is 0 Å². The van der Waals surface area contributed by atoms with Crippen molar-refractivity contribution in [2.45, 2.75) is 26.1 Å². The predicted octanol–water partition coefficient (Wildman–Crippen LogP) is 1.66. The Hall–Kier alpha value is -0.860. The summed E-state index contributed by atoms with van der Waals surface area (Å²) < 4.78 is 0. The lowest BCUT2D eigenvalue weighted by Gasteiger charge is -2.38. The summed E-state index contributed by atoms with van der Waals surface area (Å²) in [6.45, 7) is 11.2. The molecule has 0 saturated heterocycles. The molecule has 0 spiro atoms. The fourth-order valence-electron chi connectivity index (χ4n) is 2.04. The van der Waals surface area contributed by atoms with E-state index in [9.17, 15) is 10.2 Å². The van der Waals surface area contributed by atoms with Gasteiger partial charge in [-0.2, -0.15) is 0 Å². The fourth-order valence-corrected chi connectivity index (χ4v) is 2.04. The number of aliphatic hydroxyl groups excluding tert-OH is 2. The van der Waals surface area contributed by atoms with Crippen LogP contribution in [0.4, 0.5) is 0 Å². The summed E-state index contributed by atoms with van der Waals surface area (Å²) in [6.07, 6.45) is 2.27. The van der Waals surface area contributed by atoms with E-state index < -0.39 is 12.2 Å². The molecule has 0 aromatic carbocycles. The summed E-state index contributed by atoms with van der Waals surface area (Å²) in [7, 11) is 0. The van der Waals surface area contributed by atoms with Crippen molar-refractivity contribution in [1.29, 1.82) is 0 Å². The van der Waals surface area contributed by atoms with E-state index in [1.807, 2.05) is 19.9 Å². The molecule has 4 atom stereocenters. The molecule has 0 amide bonds. The standard InChI is InChI=1S/C12H18O2/c1-5-6-10-7(2)11(13)9(4)12(14)8(10)3/h5-8,11-14H,1,4H2,2-3H3. The van der Waals surface area contributed by atoms with Gasteiger partial charge in [-0.1, -0.05) is 44.7 Å². The molecule has 1 fully saturated rings. The molecule has 0 aromatic rings. The highest BCUT2D eigenvalue weighted by Crippen LogP contribution is 2.36. The van der Waals surface area contributed by atoms with Crippen LogP contribution >= 0.6 is 0 Å². The van der Waals surface area contributed by atoms with Gasteiger partial charge < -0.3 is 10.2 Å². The van der Waals surface area contributed by atoms with E-state index in [1.165, 1.54) is 0 Å². The Morgan fingerprint density at radius 3 is 1.93 bits per heavy atom. The van der Waals surface area contributed by atoms with Gasteiger partial charge in [-0.15, -0.1) is 0 Å². The summed E-state index contributed by atoms with van der Waals surface area (Å²) >= 11 is 0. The van der Waals surface area contributed by atoms with Crippen LogP contribution in [0.5, 0.6) is 0 Å². The van der Waals surface area contributed by atoms with Gasteiger partial charge in [-0.05, 0) is 5.57 Å². The molecule has 14 heavy (non-hydrogen) atoms. The lowest BCUT2D eigenvalue weighted by Crippen LogP contribution is -2.40. The van der Waals surface area contributed by atoms with Crippen molar-refractivity contribution in [3.8, 4) is 0 Å². The summed E-state index contributed by atoms with van der Waals surface area (Å²) in [5.74, 6) is 0.0257. The van der Waals surface area contributed by atoms with Crippen LogP contribution < -0.4 is 0 Å². The molecule has 1 aliphatic carbocycles. The van der Waals surface area contributed by atoms with E-state index in [4.69, 9.17) is 0 Å². The molecular weight excluding hydrogens is 176 g/mol. The molecule has 0 heterocycles. The summed E-state index contributed by atoms with van der Waals surface area (Å²) in [5.41, 5.74) is 1.55. The quantitative estimate of drug-likeness (QED) is 0.623. The Bertz CT molecular complexity index is 258. The normalized spacial score (nSPS) is 38.3. The zero-order valence-corrected chi connectivity index (χ0v) is 8.77. The highest BCUT2D eigenvalue weighted by atomic mass is 16.3. The number of rotatable bonds is 1. The third kappa shape index (κ3) is 1.68. The van der Waals surface area contributed by atoms with Crippen LogP contribution in [0, 0.1) is 11.8 Å². The Labute approximate surface area is 85.3 Å². The summed E-state index contributed by atoms with van der Waals surface area (Å²) in [6, 6.07) is 0. The van der Waals surface area contributed by atoms with Gasteiger partial charge >= 0.3 is 0 Å². The first-order chi connectivity index (χ1) is 6.50. The van der Waals surface area contributed by atoms with Gasteiger partial charge in [0.25, 0.3) is 0 Å². The minimum atomic E-state index is -0.646. The molecule has 2 heteroatoms. The van der Waals surface area contributed by atoms with E-state index in [1.54, 1.807) is 6.08 Å². The SMILES string of the molecule is C=CC=C1C(C)C(O)C(=C)C(O)C1C. The third-order valence-electron chi connectivity index (χ3n) is 3.07. The first-order valence-electron chi connectivity index (χ1n) is 4.88. The van der Waals surface area contributed by atoms with Gasteiger partial charge in [-0.25, -0.2) is 0 Å². The van der Waals surface area contributed by atoms with E-state index >= 15 is 0 Å². The maximum Gasteiger partial charge on any atom is 0.0835 e. The molecule has 1 aliphatic rings. The van der Waals surface area contributed by atoms with Crippen molar-refractivity contribution < 1.29 is 10.2 Å². The molecule has 2 N–H and O–H groups in total. The van der Waals surface area contributed by atoms with Crippen LogP contribution in [0.2, 0.25) is 0 Å². The Kier molecular flexibility index (Phi) is 3.29. The summed E-state index contributed by atoms with van der Waals surface area (Å²) in [5, 5.41) is 19.6. The average Bonchev–Trinajstić information content (AvgIpc) is 2.19. The van der Waals surface area contributed by atoms with Crippen molar-refractivity contribution in [2.75, 3.05) is 0 Å². The maximum absolute atomic E-state index is 9.80. The fraction of sp³-hybridized carbons (Fsp3) is 0.500. The topological polar surface area (TPSA) is 40.5 Å². The van der Waals surface area contributed by atoms with Crippen molar-refractivity contribution >= 4 is 0 Å². The molecule has 0 radical (unpaired) electrons. The minimum absolute atomic E-state index is 0.0129. The van der Waals surface area contributed by atoms with Crippen LogP contribution in [0.3, 0.4) is 0 Å². The minimum Gasteiger partial charge on any atom is -0.388 e. The molecular formula is C12H18O2. The highest BCUT2D eigenvalue weighted by molar-refractivity contribution is 5.30. The molecule has 4 unspecified atom stereocenters. The maximum atomic E-state index is 9.80. The monoisotopic (exact) mass is 194 g/mol. The average molecular weight is 194 g/mol. The second kappa shape index (κ2) is 4.11. The third-order valence-corrected chi connectivity index (χ3v) is 3.07. The van der Waals surface area contributed by atoms with Crippen LogP contribution in [0.15, 0.2) is 36.5 Å². The van der Waals surface area contributed by atoms with E-state index in [0.29, 0.717) is 5.57 Å². The van der Waals surface area contributed by atoms with E-state index in [0.717, 1.165) is 5.57 Å². The van der Waals surface area contributed by atoms with Crippen LogP contribution in [0.25, 0.3) is 0 Å². The van der Waals surface area contributed by atoms with Crippen LogP contribution in [0.1, 0.15) is 13.8 Å². The lowest BCUT2D eigenvalue weighted by atomic mass is 9.72. The number of hydrogen-bond acceptors (Lipinski definition) is 2. The molecule has 0 aliphatic heterocycles. The second-order valence-electron chi connectivity index (χ2n) is 3.94. The molecule has 1 rings (SSSR count). The van der Waals surface area contributed by atoms with Gasteiger partial charge in [0, 0.05) is 11.8 Å². The van der Waals surface area contributed by atoms with Gasteiger partial charge in [0.15, 0.2) is 0 Å². The zero-order chi connectivity index (χ0) is 10.9. The summed E-state index contributed by atoms with van der Waals surface area (Å²) in [4.78, 5) is 0. The second-order valence-corrected chi connectivity index (χ2v) is 3.94. The van der Waals surface area contributed by atoms with Gasteiger partial charge in [0.1, 0.15) is 0 Å². The van der Waals surface area contributed by atoms with Gasteiger partial charge in [0.05, 0.1) is 12.2 Å². The number of allylic oxidation sites excluding steroid dienone is 2. The first kappa shape index (κ1) is 11.2.